The number of carboxylic acid groups (broad SMARTS) is 1. The highest BCUT2D eigenvalue weighted by atomic mass is 35.5. The molecule has 0 bridgehead atoms. The van der Waals surface area contributed by atoms with Crippen LogP contribution in [0, 0.1) is 0 Å². The molecule has 0 aliphatic rings. The van der Waals surface area contributed by atoms with Crippen LogP contribution >= 0.6 is 34.7 Å². The van der Waals surface area contributed by atoms with Crippen molar-refractivity contribution in [3.05, 3.63) is 26.4 Å². The lowest BCUT2D eigenvalue weighted by molar-refractivity contribution is -0.135. The largest absolute Gasteiger partial charge is 0.477 e. The maximum atomic E-state index is 11.3. The summed E-state index contributed by atoms with van der Waals surface area (Å²) in [5.41, 5.74) is 0.341. The molecule has 0 saturated heterocycles. The molecule has 0 aromatic carbocycles. The second-order valence-electron chi connectivity index (χ2n) is 2.95. The minimum Gasteiger partial charge on any atom is -0.477 e. The van der Waals surface area contributed by atoms with Crippen LogP contribution in [0.25, 0.3) is 0 Å². The van der Waals surface area contributed by atoms with Crippen molar-refractivity contribution in [3.63, 3.8) is 0 Å². The van der Waals surface area contributed by atoms with Gasteiger partial charge in [-0.15, -0.1) is 23.1 Å². The van der Waals surface area contributed by atoms with Crippen LogP contribution in [0.4, 0.5) is 5.69 Å². The number of hydrogen-bond acceptors (Lipinski definition) is 6. The van der Waals surface area contributed by atoms with Crippen LogP contribution in [-0.4, -0.2) is 30.4 Å². The Kier molecular flexibility index (Phi) is 5.52. The van der Waals surface area contributed by atoms with Crippen molar-refractivity contribution in [1.29, 1.82) is 0 Å². The lowest BCUT2D eigenvalue weighted by atomic mass is 10.4. The molecule has 1 aromatic rings. The zero-order valence-corrected chi connectivity index (χ0v) is 11.9. The van der Waals surface area contributed by atoms with Gasteiger partial charge in [-0.3, -0.25) is 0 Å². The van der Waals surface area contributed by atoms with E-state index in [0.717, 1.165) is 11.3 Å². The van der Waals surface area contributed by atoms with Crippen LogP contribution in [0.3, 0.4) is 0 Å². The molecule has 0 radical (unpaired) electrons. The van der Waals surface area contributed by atoms with Gasteiger partial charge < -0.3 is 15.2 Å². The van der Waals surface area contributed by atoms with Crippen LogP contribution in [0.5, 0.6) is 0 Å². The maximum Gasteiger partial charge on any atom is 0.348 e. The number of carbonyl (C=O) groups is 2. The van der Waals surface area contributed by atoms with Crippen LogP contribution < -0.4 is 5.32 Å². The molecular weight excluding hydrogens is 298 g/mol. The molecule has 0 amide bonds. The van der Waals surface area contributed by atoms with Gasteiger partial charge in [0.2, 0.25) is 0 Å². The van der Waals surface area contributed by atoms with Gasteiger partial charge in [-0.05, 0) is 12.3 Å². The van der Waals surface area contributed by atoms with E-state index in [1.807, 2.05) is 0 Å². The Balaban J connectivity index is 2.94. The zero-order chi connectivity index (χ0) is 13.7. The predicted octanol–water partition coefficient (Wildman–Crippen LogP) is 2.89. The van der Waals surface area contributed by atoms with E-state index in [4.69, 9.17) is 16.7 Å². The van der Waals surface area contributed by atoms with Crippen molar-refractivity contribution in [2.45, 2.75) is 0 Å². The molecular formula is C10H10ClNO4S2. The molecule has 0 unspecified atom stereocenters. The van der Waals surface area contributed by atoms with Gasteiger partial charge in [-0.1, -0.05) is 11.6 Å². The van der Waals surface area contributed by atoms with E-state index < -0.39 is 11.9 Å². The first-order valence-corrected chi connectivity index (χ1v) is 7.03. The first kappa shape index (κ1) is 14.9. The van der Waals surface area contributed by atoms with Crippen LogP contribution in [0.1, 0.15) is 9.67 Å². The van der Waals surface area contributed by atoms with Gasteiger partial charge >= 0.3 is 11.9 Å². The molecule has 0 atom stereocenters. The summed E-state index contributed by atoms with van der Waals surface area (Å²) < 4.78 is 4.92. The van der Waals surface area contributed by atoms with E-state index in [-0.39, 0.29) is 4.88 Å². The fourth-order valence-electron chi connectivity index (χ4n) is 1.07. The average Bonchev–Trinajstić information content (AvgIpc) is 2.71. The van der Waals surface area contributed by atoms with Gasteiger partial charge in [0.15, 0.2) is 0 Å². The van der Waals surface area contributed by atoms with E-state index in [0.29, 0.717) is 14.9 Å². The van der Waals surface area contributed by atoms with Crippen molar-refractivity contribution in [1.82, 2.24) is 0 Å². The standard InChI is InChI=1S/C10H10ClNO4S2/c1-16-10(15)6(17-2)4-12-5-3-7(11)18-8(5)9(13)14/h3-4,12H,1-2H3,(H,13,14)/b6-4-. The molecule has 0 aliphatic heterocycles. The summed E-state index contributed by atoms with van der Waals surface area (Å²) in [7, 11) is 1.27. The SMILES string of the molecule is COC(=O)/C(=C/Nc1cc(Cl)sc1C(=O)O)SC. The quantitative estimate of drug-likeness (QED) is 0.643. The molecule has 1 heterocycles. The number of anilines is 1. The highest BCUT2D eigenvalue weighted by molar-refractivity contribution is 8.03. The number of thiophene rings is 1. The van der Waals surface area contributed by atoms with Crippen molar-refractivity contribution in [2.24, 2.45) is 0 Å². The topological polar surface area (TPSA) is 75.6 Å². The van der Waals surface area contributed by atoms with E-state index in [1.165, 1.54) is 31.1 Å². The van der Waals surface area contributed by atoms with E-state index in [1.54, 1.807) is 6.26 Å². The summed E-state index contributed by atoms with van der Waals surface area (Å²) in [6.07, 6.45) is 3.10. The number of carboxylic acids is 1. The van der Waals surface area contributed by atoms with Crippen molar-refractivity contribution in [2.75, 3.05) is 18.7 Å². The number of hydrogen-bond donors (Lipinski definition) is 2. The van der Waals surface area contributed by atoms with Gasteiger partial charge in [0.1, 0.15) is 9.78 Å². The van der Waals surface area contributed by atoms with E-state index in [2.05, 4.69) is 10.1 Å². The van der Waals surface area contributed by atoms with Gasteiger partial charge in [0.25, 0.3) is 0 Å². The zero-order valence-electron chi connectivity index (χ0n) is 9.52. The minimum absolute atomic E-state index is 0.0848. The third kappa shape index (κ3) is 3.66. The number of halogens is 1. The number of aromatic carboxylic acids is 1. The molecule has 8 heteroatoms. The highest BCUT2D eigenvalue weighted by Gasteiger charge is 2.15. The Morgan fingerprint density at radius 1 is 1.61 bits per heavy atom. The molecule has 18 heavy (non-hydrogen) atoms. The summed E-state index contributed by atoms with van der Waals surface area (Å²) >= 11 is 7.88. The van der Waals surface area contributed by atoms with Gasteiger partial charge in [-0.2, -0.15) is 0 Å². The lowest BCUT2D eigenvalue weighted by Gasteiger charge is -2.03. The van der Waals surface area contributed by atoms with Gasteiger partial charge in [-0.25, -0.2) is 9.59 Å². The Labute approximate surface area is 117 Å². The second kappa shape index (κ2) is 6.67. The molecule has 1 rings (SSSR count). The monoisotopic (exact) mass is 307 g/mol. The first-order valence-electron chi connectivity index (χ1n) is 4.61. The van der Waals surface area contributed by atoms with Gasteiger partial charge in [0, 0.05) is 6.20 Å². The van der Waals surface area contributed by atoms with Crippen LogP contribution in [0.15, 0.2) is 17.2 Å². The average molecular weight is 308 g/mol. The number of ether oxygens (including phenoxy) is 1. The molecule has 0 saturated carbocycles. The molecule has 2 N–H and O–H groups in total. The maximum absolute atomic E-state index is 11.3. The van der Waals surface area contributed by atoms with Crippen molar-refractivity contribution < 1.29 is 19.4 Å². The summed E-state index contributed by atoms with van der Waals surface area (Å²) in [5, 5.41) is 11.7. The van der Waals surface area contributed by atoms with Crippen LogP contribution in [-0.2, 0) is 9.53 Å². The second-order valence-corrected chi connectivity index (χ2v) is 5.48. The molecule has 0 fully saturated rings. The molecule has 5 nitrogen and oxygen atoms in total. The molecule has 98 valence electrons. The number of rotatable bonds is 5. The molecule has 0 spiro atoms. The molecule has 1 aromatic heterocycles. The summed E-state index contributed by atoms with van der Waals surface area (Å²) in [4.78, 5) is 22.6. The smallest absolute Gasteiger partial charge is 0.348 e. The minimum atomic E-state index is -1.08. The summed E-state index contributed by atoms with van der Waals surface area (Å²) in [5.74, 6) is -1.57. The number of methoxy groups -OCH3 is 1. The normalized spacial score (nSPS) is 11.2. The predicted molar refractivity (Wildman–Crippen MR) is 73.5 cm³/mol. The number of nitrogens with one attached hydrogen (secondary N) is 1. The molecule has 0 aliphatic carbocycles. The Morgan fingerprint density at radius 3 is 2.78 bits per heavy atom. The highest BCUT2D eigenvalue weighted by Crippen LogP contribution is 2.31. The van der Waals surface area contributed by atoms with Gasteiger partial charge in [0.05, 0.1) is 17.1 Å². The fourth-order valence-corrected chi connectivity index (χ4v) is 2.53. The third-order valence-corrected chi connectivity index (χ3v) is 3.84. The van der Waals surface area contributed by atoms with E-state index >= 15 is 0 Å². The third-order valence-electron chi connectivity index (χ3n) is 1.86. The summed E-state index contributed by atoms with van der Waals surface area (Å²) in [6.45, 7) is 0. The van der Waals surface area contributed by atoms with E-state index in [9.17, 15) is 9.59 Å². The first-order chi connectivity index (χ1) is 8.49. The van der Waals surface area contributed by atoms with Crippen LogP contribution in [0.2, 0.25) is 4.34 Å². The van der Waals surface area contributed by atoms with Crippen molar-refractivity contribution >= 4 is 52.3 Å². The number of carbonyl (C=O) groups excluding carboxylic acids is 1. The lowest BCUT2D eigenvalue weighted by Crippen LogP contribution is -2.04. The number of esters is 1. The number of thioether (sulfide) groups is 1. The summed E-state index contributed by atoms with van der Waals surface area (Å²) in [6, 6.07) is 1.49. The Bertz CT molecular complexity index is 498. The Hall–Kier alpha value is -1.18. The Morgan fingerprint density at radius 2 is 2.28 bits per heavy atom. The fraction of sp³-hybridized carbons (Fsp3) is 0.200. The van der Waals surface area contributed by atoms with Crippen molar-refractivity contribution in [3.8, 4) is 0 Å².